The lowest BCUT2D eigenvalue weighted by atomic mass is 10.7. The molecule has 0 unspecified atom stereocenters. The molecule has 6 heavy (non-hydrogen) atoms. The van der Waals surface area contributed by atoms with Gasteiger partial charge in [0, 0.05) is 13.1 Å². The van der Waals surface area contributed by atoms with Crippen LogP contribution in [-0.2, 0) is 0 Å². The average molecular weight is 87.1 g/mol. The lowest BCUT2D eigenvalue weighted by Gasteiger charge is -1.99. The van der Waals surface area contributed by atoms with E-state index in [1.54, 1.807) is 6.92 Å². The van der Waals surface area contributed by atoms with Crippen LogP contribution in [0.5, 0.6) is 0 Å². The summed E-state index contributed by atoms with van der Waals surface area (Å²) in [7, 11) is 0. The highest BCUT2D eigenvalue weighted by atomic mass is 16.3. The molecule has 0 spiro atoms. The quantitative estimate of drug-likeness (QED) is 0.441. The predicted molar refractivity (Wildman–Crippen MR) is 23.3 cm³/mol. The first kappa shape index (κ1) is 4.09. The highest BCUT2D eigenvalue weighted by molar-refractivity contribution is 4.71. The van der Waals surface area contributed by atoms with E-state index in [9.17, 15) is 0 Å². The molecule has 0 bridgehead atoms. The Hall–Kier alpha value is -0.0800. The van der Waals surface area contributed by atoms with Crippen LogP contribution in [0.1, 0.15) is 6.92 Å². The summed E-state index contributed by atoms with van der Waals surface area (Å²) in [6.45, 7) is 3.95. The Morgan fingerprint density at radius 3 is 2.17 bits per heavy atom. The van der Waals surface area contributed by atoms with Gasteiger partial charge in [-0.1, -0.05) is 0 Å². The van der Waals surface area contributed by atoms with Crippen LogP contribution in [0.2, 0.25) is 0 Å². The van der Waals surface area contributed by atoms with Crippen LogP contribution in [0.15, 0.2) is 0 Å². The molecule has 0 aromatic rings. The van der Waals surface area contributed by atoms with Crippen LogP contribution in [-0.4, -0.2) is 29.3 Å². The molecule has 1 N–H and O–H groups in total. The fraction of sp³-hybridized carbons (Fsp3) is 1.00. The maximum atomic E-state index is 8.62. The highest BCUT2D eigenvalue weighted by Gasteiger charge is 2.20. The Labute approximate surface area is 37.4 Å². The monoisotopic (exact) mass is 87.1 g/mol. The summed E-state index contributed by atoms with van der Waals surface area (Å²) < 4.78 is 0. The van der Waals surface area contributed by atoms with Crippen LogP contribution >= 0.6 is 0 Å². The number of nitrogens with zero attached hydrogens (tertiary/aromatic N) is 1. The first-order valence-corrected chi connectivity index (χ1v) is 2.23. The highest BCUT2D eigenvalue weighted by Crippen LogP contribution is 2.05. The minimum absolute atomic E-state index is 0.204. The molecule has 1 heterocycles. The van der Waals surface area contributed by atoms with E-state index in [2.05, 4.69) is 0 Å². The fourth-order valence-electron chi connectivity index (χ4n) is 0.431. The number of aliphatic hydroxyl groups excluding tert-OH is 1. The van der Waals surface area contributed by atoms with Crippen molar-refractivity contribution in [2.24, 2.45) is 0 Å². The van der Waals surface area contributed by atoms with E-state index in [0.717, 1.165) is 13.1 Å². The number of aliphatic hydroxyl groups is 1. The molecule has 36 valence electrons. The number of hydrogen-bond donors (Lipinski definition) is 1. The zero-order valence-electron chi connectivity index (χ0n) is 3.89. The third-order valence-electron chi connectivity index (χ3n) is 1.01. The van der Waals surface area contributed by atoms with E-state index < -0.39 is 0 Å². The van der Waals surface area contributed by atoms with Gasteiger partial charge in [-0.2, -0.15) is 0 Å². The van der Waals surface area contributed by atoms with Gasteiger partial charge in [0.15, 0.2) is 0 Å². The molecule has 1 rings (SSSR count). The van der Waals surface area contributed by atoms with Crippen molar-refractivity contribution in [1.82, 2.24) is 4.90 Å². The summed E-state index contributed by atoms with van der Waals surface area (Å²) in [5.41, 5.74) is 0. The molecule has 0 aromatic heterocycles. The Kier molecular flexibility index (Phi) is 0.821. The maximum Gasteiger partial charge on any atom is 0.104 e. The van der Waals surface area contributed by atoms with Crippen molar-refractivity contribution in [2.45, 2.75) is 13.2 Å². The van der Waals surface area contributed by atoms with Crippen molar-refractivity contribution in [1.29, 1.82) is 0 Å². The molecule has 1 aliphatic rings. The number of hydrogen-bond acceptors (Lipinski definition) is 2. The van der Waals surface area contributed by atoms with Gasteiger partial charge >= 0.3 is 0 Å². The van der Waals surface area contributed by atoms with Crippen molar-refractivity contribution < 1.29 is 5.11 Å². The summed E-state index contributed by atoms with van der Waals surface area (Å²) in [5, 5.41) is 8.62. The smallest absolute Gasteiger partial charge is 0.104 e. The Morgan fingerprint density at radius 2 is 2.17 bits per heavy atom. The van der Waals surface area contributed by atoms with Gasteiger partial charge in [-0.05, 0) is 6.92 Å². The molecule has 1 aliphatic heterocycles. The van der Waals surface area contributed by atoms with Gasteiger partial charge in [0.25, 0.3) is 0 Å². The van der Waals surface area contributed by atoms with Crippen LogP contribution in [0, 0.1) is 0 Å². The second-order valence-electron chi connectivity index (χ2n) is 1.67. The minimum Gasteiger partial charge on any atom is -0.379 e. The second kappa shape index (κ2) is 1.21. The Bertz CT molecular complexity index is 49.5. The van der Waals surface area contributed by atoms with Gasteiger partial charge in [0.1, 0.15) is 6.23 Å². The van der Waals surface area contributed by atoms with Crippen LogP contribution in [0.3, 0.4) is 0 Å². The lowest BCUT2D eigenvalue weighted by molar-refractivity contribution is 0.0993. The molecule has 0 aromatic carbocycles. The Balaban J connectivity index is 2.13. The lowest BCUT2D eigenvalue weighted by Crippen LogP contribution is -2.11. The van der Waals surface area contributed by atoms with Gasteiger partial charge in [0.2, 0.25) is 0 Å². The van der Waals surface area contributed by atoms with Crippen molar-refractivity contribution in [3.8, 4) is 0 Å². The molecule has 2 nitrogen and oxygen atoms in total. The largest absolute Gasteiger partial charge is 0.379 e. The standard InChI is InChI=1S/C4H9NO/c1-4(6)5-2-3-5/h4,6H,2-3H2,1H3/t4-/m0/s1. The van der Waals surface area contributed by atoms with Gasteiger partial charge in [-0.15, -0.1) is 0 Å². The molecule has 1 fully saturated rings. The third kappa shape index (κ3) is 0.698. The van der Waals surface area contributed by atoms with Crippen LogP contribution in [0.25, 0.3) is 0 Å². The Morgan fingerprint density at radius 1 is 1.67 bits per heavy atom. The molecule has 0 aliphatic carbocycles. The van der Waals surface area contributed by atoms with Crippen molar-refractivity contribution in [3.63, 3.8) is 0 Å². The van der Waals surface area contributed by atoms with Gasteiger partial charge in [-0.25, -0.2) is 0 Å². The van der Waals surface area contributed by atoms with E-state index in [-0.39, 0.29) is 6.23 Å². The normalized spacial score (nSPS) is 27.0. The molecule has 1 atom stereocenters. The van der Waals surface area contributed by atoms with E-state index in [1.165, 1.54) is 0 Å². The van der Waals surface area contributed by atoms with Gasteiger partial charge in [-0.3, -0.25) is 4.90 Å². The van der Waals surface area contributed by atoms with E-state index in [1.807, 2.05) is 4.90 Å². The second-order valence-corrected chi connectivity index (χ2v) is 1.67. The SMILES string of the molecule is C[C@H](O)N1CC1. The van der Waals surface area contributed by atoms with Crippen LogP contribution in [0.4, 0.5) is 0 Å². The molecule has 2 heteroatoms. The topological polar surface area (TPSA) is 23.2 Å². The molecular formula is C4H9NO. The summed E-state index contributed by atoms with van der Waals surface area (Å²) in [5.74, 6) is 0. The maximum absolute atomic E-state index is 8.62. The fourth-order valence-corrected chi connectivity index (χ4v) is 0.431. The summed E-state index contributed by atoms with van der Waals surface area (Å²) in [4.78, 5) is 1.97. The minimum atomic E-state index is -0.204. The summed E-state index contributed by atoms with van der Waals surface area (Å²) in [6.07, 6.45) is -0.204. The zero-order chi connectivity index (χ0) is 4.57. The molecule has 1 saturated heterocycles. The van der Waals surface area contributed by atoms with Crippen LogP contribution < -0.4 is 0 Å². The van der Waals surface area contributed by atoms with E-state index in [0.29, 0.717) is 0 Å². The summed E-state index contributed by atoms with van der Waals surface area (Å²) in [6, 6.07) is 0. The van der Waals surface area contributed by atoms with Crippen molar-refractivity contribution in [2.75, 3.05) is 13.1 Å². The predicted octanol–water partition coefficient (Wildman–Crippen LogP) is -0.360. The van der Waals surface area contributed by atoms with E-state index in [4.69, 9.17) is 5.11 Å². The van der Waals surface area contributed by atoms with Crippen molar-refractivity contribution >= 4 is 0 Å². The molecule has 0 amide bonds. The molecule has 0 saturated carbocycles. The first-order chi connectivity index (χ1) is 2.80. The third-order valence-corrected chi connectivity index (χ3v) is 1.01. The van der Waals surface area contributed by atoms with E-state index >= 15 is 0 Å². The molecule has 0 radical (unpaired) electrons. The summed E-state index contributed by atoms with van der Waals surface area (Å²) >= 11 is 0. The first-order valence-electron chi connectivity index (χ1n) is 2.23. The van der Waals surface area contributed by atoms with Gasteiger partial charge < -0.3 is 5.11 Å². The average Bonchev–Trinajstić information content (AvgIpc) is 2.06. The van der Waals surface area contributed by atoms with Crippen molar-refractivity contribution in [3.05, 3.63) is 0 Å². The zero-order valence-corrected chi connectivity index (χ0v) is 3.89. The number of rotatable bonds is 1. The van der Waals surface area contributed by atoms with Gasteiger partial charge in [0.05, 0.1) is 0 Å². The molecular weight excluding hydrogens is 78.0 g/mol.